The minimum absolute atomic E-state index is 0.640. The fourth-order valence-electron chi connectivity index (χ4n) is 3.69. The first-order valence-electron chi connectivity index (χ1n) is 7.02. The monoisotopic (exact) mass is 244 g/mol. The fourth-order valence-corrected chi connectivity index (χ4v) is 3.69. The van der Waals surface area contributed by atoms with Crippen molar-refractivity contribution in [2.45, 2.75) is 25.8 Å². The second-order valence-electron chi connectivity index (χ2n) is 6.04. The van der Waals surface area contributed by atoms with Gasteiger partial charge in [-0.25, -0.2) is 0 Å². The predicted octanol–water partition coefficient (Wildman–Crippen LogP) is 2.10. The van der Waals surface area contributed by atoms with Gasteiger partial charge in [0.15, 0.2) is 0 Å². The van der Waals surface area contributed by atoms with Crippen molar-refractivity contribution >= 4 is 0 Å². The van der Waals surface area contributed by atoms with E-state index in [2.05, 4.69) is 35.2 Å². The molecule has 0 aromatic carbocycles. The van der Waals surface area contributed by atoms with E-state index >= 15 is 0 Å². The van der Waals surface area contributed by atoms with E-state index in [1.807, 2.05) is 0 Å². The van der Waals surface area contributed by atoms with Crippen molar-refractivity contribution in [1.82, 2.24) is 9.80 Å². The highest BCUT2D eigenvalue weighted by Crippen LogP contribution is 2.34. The van der Waals surface area contributed by atoms with Crippen molar-refractivity contribution in [2.24, 2.45) is 5.92 Å². The summed E-state index contributed by atoms with van der Waals surface area (Å²) in [7, 11) is 0. The lowest BCUT2D eigenvalue weighted by Gasteiger charge is -2.37. The maximum absolute atomic E-state index is 5.74. The van der Waals surface area contributed by atoms with Crippen LogP contribution in [0.3, 0.4) is 0 Å². The zero-order chi connectivity index (χ0) is 12.1. The molecule has 0 aliphatic carbocycles. The van der Waals surface area contributed by atoms with E-state index in [0.29, 0.717) is 6.04 Å². The number of hydrogen-bond acceptors (Lipinski definition) is 3. The molecule has 4 heterocycles. The molecule has 18 heavy (non-hydrogen) atoms. The molecule has 96 valence electrons. The lowest BCUT2D eigenvalue weighted by atomic mass is 9.95. The molecule has 1 unspecified atom stereocenters. The average Bonchev–Trinajstić information content (AvgIpc) is 2.93. The van der Waals surface area contributed by atoms with Crippen LogP contribution in [0, 0.1) is 5.92 Å². The van der Waals surface area contributed by atoms with Gasteiger partial charge in [-0.2, -0.15) is 0 Å². The van der Waals surface area contributed by atoms with Gasteiger partial charge in [-0.15, -0.1) is 0 Å². The summed E-state index contributed by atoms with van der Waals surface area (Å²) < 4.78 is 5.74. The first-order chi connectivity index (χ1) is 8.79. The van der Waals surface area contributed by atoms with Crippen LogP contribution in [0.5, 0.6) is 0 Å². The van der Waals surface area contributed by atoms with Crippen molar-refractivity contribution in [1.29, 1.82) is 0 Å². The molecule has 3 atom stereocenters. The molecule has 0 amide bonds. The summed E-state index contributed by atoms with van der Waals surface area (Å²) in [5.74, 6) is 1.99. The number of piperidine rings is 1. The molecule has 0 aromatic rings. The highest BCUT2D eigenvalue weighted by Gasteiger charge is 2.35. The normalized spacial score (nSPS) is 37.7. The Hall–Kier alpha value is -1.22. The predicted molar refractivity (Wildman–Crippen MR) is 70.7 cm³/mol. The Kier molecular flexibility index (Phi) is 2.31. The number of hydrogen-bond donors (Lipinski definition) is 0. The van der Waals surface area contributed by atoms with Gasteiger partial charge < -0.3 is 14.5 Å². The number of nitrogens with zero attached hydrogens (tertiary/aromatic N) is 2. The lowest BCUT2D eigenvalue weighted by Crippen LogP contribution is -2.43. The molecule has 4 aliphatic rings. The summed E-state index contributed by atoms with van der Waals surface area (Å²) in [5, 5.41) is 0. The minimum Gasteiger partial charge on any atom is -0.487 e. The van der Waals surface area contributed by atoms with Gasteiger partial charge in [-0.3, -0.25) is 0 Å². The molecule has 3 heteroatoms. The van der Waals surface area contributed by atoms with Crippen molar-refractivity contribution in [2.75, 3.05) is 26.2 Å². The van der Waals surface area contributed by atoms with E-state index in [0.717, 1.165) is 18.3 Å². The third-order valence-corrected chi connectivity index (χ3v) is 4.72. The maximum atomic E-state index is 5.74. The Balaban J connectivity index is 1.55. The first kappa shape index (κ1) is 10.7. The van der Waals surface area contributed by atoms with Crippen LogP contribution in [-0.2, 0) is 4.74 Å². The summed E-state index contributed by atoms with van der Waals surface area (Å²) in [4.78, 5) is 4.99. The quantitative estimate of drug-likeness (QED) is 0.702. The van der Waals surface area contributed by atoms with Crippen molar-refractivity contribution in [3.8, 4) is 0 Å². The molecular weight excluding hydrogens is 224 g/mol. The van der Waals surface area contributed by atoms with Crippen LogP contribution in [0.25, 0.3) is 0 Å². The van der Waals surface area contributed by atoms with E-state index in [4.69, 9.17) is 4.74 Å². The minimum atomic E-state index is 0.640. The van der Waals surface area contributed by atoms with Crippen molar-refractivity contribution in [3.05, 3.63) is 35.4 Å². The number of rotatable bonds is 1. The average molecular weight is 244 g/mol. The van der Waals surface area contributed by atoms with Gasteiger partial charge in [0, 0.05) is 37.1 Å². The second-order valence-corrected chi connectivity index (χ2v) is 6.04. The van der Waals surface area contributed by atoms with Crippen LogP contribution in [-0.4, -0.2) is 42.1 Å². The molecule has 3 nitrogen and oxygen atoms in total. The molecule has 0 spiro atoms. The lowest BCUT2D eigenvalue weighted by molar-refractivity contribution is 0.167. The van der Waals surface area contributed by atoms with E-state index in [9.17, 15) is 0 Å². The Morgan fingerprint density at radius 2 is 2.28 bits per heavy atom. The molecular formula is C15H20N2O. The Bertz CT molecular complexity index is 451. The van der Waals surface area contributed by atoms with Gasteiger partial charge in [0.2, 0.25) is 0 Å². The highest BCUT2D eigenvalue weighted by atomic mass is 16.5. The van der Waals surface area contributed by atoms with Gasteiger partial charge in [0.25, 0.3) is 0 Å². The number of fused-ring (bicyclic) bond motifs is 3. The topological polar surface area (TPSA) is 15.7 Å². The fraction of sp³-hybridized carbons (Fsp3) is 0.600. The van der Waals surface area contributed by atoms with Gasteiger partial charge in [0.05, 0.1) is 0 Å². The molecule has 2 saturated heterocycles. The van der Waals surface area contributed by atoms with Crippen LogP contribution in [0.2, 0.25) is 0 Å². The van der Waals surface area contributed by atoms with Crippen LogP contribution >= 0.6 is 0 Å². The van der Waals surface area contributed by atoms with E-state index in [1.54, 1.807) is 0 Å². The van der Waals surface area contributed by atoms with Gasteiger partial charge >= 0.3 is 0 Å². The molecule has 0 aromatic heterocycles. The number of ether oxygens (including phenoxy) is 1. The van der Waals surface area contributed by atoms with Crippen molar-refractivity contribution in [3.63, 3.8) is 0 Å². The molecule has 0 radical (unpaired) electrons. The summed E-state index contributed by atoms with van der Waals surface area (Å²) in [6.07, 6.45) is 9.41. The number of allylic oxidation sites excluding steroid dienone is 1. The zero-order valence-corrected chi connectivity index (χ0v) is 10.9. The second kappa shape index (κ2) is 3.89. The molecule has 0 N–H and O–H groups in total. The standard InChI is InChI=1S/C15H20N2O/c1-11-10-18-15-9-17(5-3-14(11)15)13-6-12-2-4-16(7-12)8-13/h3,5,9,12-13H,2,4,6-8,10H2,1H3/t12-,13-/m1/s1. The van der Waals surface area contributed by atoms with Crippen LogP contribution < -0.4 is 0 Å². The molecule has 0 saturated carbocycles. The summed E-state index contributed by atoms with van der Waals surface area (Å²) >= 11 is 0. The SMILES string of the molecule is CC1=C2C=CN([C@@H]3C[C@H]4CCN(C4)C3)C=C2OC1. The Labute approximate surface area is 108 Å². The van der Waals surface area contributed by atoms with Crippen LogP contribution in [0.4, 0.5) is 0 Å². The van der Waals surface area contributed by atoms with Gasteiger partial charge in [-0.05, 0) is 43.9 Å². The summed E-state index contributed by atoms with van der Waals surface area (Å²) in [6, 6.07) is 0.640. The third kappa shape index (κ3) is 1.61. The first-order valence-corrected chi connectivity index (χ1v) is 7.02. The Morgan fingerprint density at radius 1 is 1.33 bits per heavy atom. The largest absolute Gasteiger partial charge is 0.487 e. The Morgan fingerprint density at radius 3 is 3.17 bits per heavy atom. The van der Waals surface area contributed by atoms with Gasteiger partial charge in [0.1, 0.15) is 12.4 Å². The van der Waals surface area contributed by atoms with E-state index in [1.165, 1.54) is 43.6 Å². The smallest absolute Gasteiger partial charge is 0.143 e. The van der Waals surface area contributed by atoms with E-state index < -0.39 is 0 Å². The van der Waals surface area contributed by atoms with Crippen molar-refractivity contribution < 1.29 is 4.74 Å². The van der Waals surface area contributed by atoms with E-state index in [-0.39, 0.29) is 0 Å². The highest BCUT2D eigenvalue weighted by molar-refractivity contribution is 5.45. The summed E-state index contributed by atoms with van der Waals surface area (Å²) in [5.41, 5.74) is 2.65. The zero-order valence-electron chi connectivity index (χ0n) is 10.9. The summed E-state index contributed by atoms with van der Waals surface area (Å²) in [6.45, 7) is 6.76. The molecule has 2 fully saturated rings. The van der Waals surface area contributed by atoms with Crippen LogP contribution in [0.15, 0.2) is 35.4 Å². The molecule has 4 rings (SSSR count). The van der Waals surface area contributed by atoms with Crippen LogP contribution in [0.1, 0.15) is 19.8 Å². The molecule has 2 bridgehead atoms. The molecule has 4 aliphatic heterocycles. The third-order valence-electron chi connectivity index (χ3n) is 4.72. The maximum Gasteiger partial charge on any atom is 0.143 e. The van der Waals surface area contributed by atoms with Gasteiger partial charge in [-0.1, -0.05) is 0 Å².